The van der Waals surface area contributed by atoms with E-state index in [1.54, 1.807) is 67.8 Å². The summed E-state index contributed by atoms with van der Waals surface area (Å²) in [5, 5.41) is 7.46. The van der Waals surface area contributed by atoms with Crippen LogP contribution in [0.25, 0.3) is 11.0 Å². The first-order chi connectivity index (χ1) is 15.9. The van der Waals surface area contributed by atoms with Crippen molar-refractivity contribution < 1.29 is 17.9 Å². The summed E-state index contributed by atoms with van der Waals surface area (Å²) >= 11 is 0. The van der Waals surface area contributed by atoms with Gasteiger partial charge in [0.15, 0.2) is 11.4 Å². The topological polar surface area (TPSA) is 102 Å². The predicted octanol–water partition coefficient (Wildman–Crippen LogP) is 4.70. The number of carbonyl (C=O) groups excluding carboxylic acids is 1. The van der Waals surface area contributed by atoms with Gasteiger partial charge in [-0.25, -0.2) is 13.4 Å². The summed E-state index contributed by atoms with van der Waals surface area (Å²) in [6, 6.07) is 13.5. The number of pyridine rings is 1. The van der Waals surface area contributed by atoms with Crippen LogP contribution < -0.4 is 4.74 Å². The average molecular weight is 464 g/mol. The molecule has 8 heteroatoms. The normalized spacial score (nSPS) is 11.6. The largest absolute Gasteiger partial charge is 0.494 e. The first-order valence-electron chi connectivity index (χ1n) is 10.8. The van der Waals surface area contributed by atoms with Crippen LogP contribution in [0.1, 0.15) is 41.3 Å². The van der Waals surface area contributed by atoms with Crippen molar-refractivity contribution in [2.75, 3.05) is 6.61 Å². The van der Waals surface area contributed by atoms with E-state index >= 15 is 0 Å². The number of carbonyl (C=O) groups is 1. The fourth-order valence-electron chi connectivity index (χ4n) is 3.59. The van der Waals surface area contributed by atoms with E-state index < -0.39 is 9.84 Å². The number of nitrogens with one attached hydrogen (secondary N) is 1. The smallest absolute Gasteiger partial charge is 0.206 e. The van der Waals surface area contributed by atoms with Crippen molar-refractivity contribution in [3.63, 3.8) is 0 Å². The summed E-state index contributed by atoms with van der Waals surface area (Å²) in [6.45, 7) is 4.37. The molecule has 2 heterocycles. The molecule has 7 nitrogen and oxygen atoms in total. The second-order valence-corrected chi connectivity index (χ2v) is 9.80. The maximum absolute atomic E-state index is 13.1. The van der Waals surface area contributed by atoms with Crippen molar-refractivity contribution in [1.82, 2.24) is 15.2 Å². The van der Waals surface area contributed by atoms with Crippen LogP contribution in [-0.2, 0) is 16.3 Å². The molecule has 0 atom stereocenters. The Morgan fingerprint density at radius 3 is 2.58 bits per heavy atom. The molecule has 0 aliphatic heterocycles. The molecule has 2 aromatic carbocycles. The lowest BCUT2D eigenvalue weighted by Crippen LogP contribution is -2.06. The van der Waals surface area contributed by atoms with Crippen LogP contribution in [0.2, 0.25) is 0 Å². The van der Waals surface area contributed by atoms with Gasteiger partial charge in [-0.1, -0.05) is 19.1 Å². The molecule has 33 heavy (non-hydrogen) atoms. The third-order valence-corrected chi connectivity index (χ3v) is 7.33. The summed E-state index contributed by atoms with van der Waals surface area (Å²) in [5.74, 6) is 0.638. The number of benzene rings is 2. The number of rotatable bonds is 9. The van der Waals surface area contributed by atoms with Gasteiger partial charge in [0, 0.05) is 23.6 Å². The summed E-state index contributed by atoms with van der Waals surface area (Å²) in [6.07, 6.45) is 4.86. The second-order valence-electron chi connectivity index (χ2n) is 7.88. The number of aryl methyl sites for hydroxylation is 2. The molecule has 4 aromatic rings. The number of aromatic nitrogens is 3. The number of nitrogens with zero attached hydrogens (tertiary/aromatic N) is 2. The zero-order valence-corrected chi connectivity index (χ0v) is 19.4. The molecule has 170 valence electrons. The number of aromatic amines is 1. The quantitative estimate of drug-likeness (QED) is 0.361. The van der Waals surface area contributed by atoms with Crippen molar-refractivity contribution in [2.45, 2.75) is 42.9 Å². The Kier molecular flexibility index (Phi) is 6.55. The van der Waals surface area contributed by atoms with E-state index in [9.17, 15) is 13.2 Å². The molecule has 0 saturated carbocycles. The Balaban J connectivity index is 1.44. The van der Waals surface area contributed by atoms with Crippen molar-refractivity contribution in [3.05, 3.63) is 77.6 Å². The van der Waals surface area contributed by atoms with E-state index in [-0.39, 0.29) is 15.6 Å². The average Bonchev–Trinajstić information content (AvgIpc) is 3.29. The molecule has 1 N–H and O–H groups in total. The van der Waals surface area contributed by atoms with Gasteiger partial charge in [-0.05, 0) is 67.3 Å². The zero-order valence-electron chi connectivity index (χ0n) is 18.5. The van der Waals surface area contributed by atoms with Crippen LogP contribution in [0.5, 0.6) is 5.75 Å². The van der Waals surface area contributed by atoms with Crippen LogP contribution in [0.15, 0.2) is 70.7 Å². The summed E-state index contributed by atoms with van der Waals surface area (Å²) in [7, 11) is -3.65. The number of fused-ring (bicyclic) bond motifs is 1. The lowest BCUT2D eigenvalue weighted by atomic mass is 10.0. The minimum atomic E-state index is -3.65. The molecule has 0 spiro atoms. The highest BCUT2D eigenvalue weighted by molar-refractivity contribution is 7.91. The zero-order chi connectivity index (χ0) is 23.4. The first-order valence-corrected chi connectivity index (χ1v) is 12.3. The van der Waals surface area contributed by atoms with E-state index in [0.717, 1.165) is 17.4 Å². The van der Waals surface area contributed by atoms with Gasteiger partial charge in [0.05, 0.1) is 22.6 Å². The van der Waals surface area contributed by atoms with E-state index in [4.69, 9.17) is 4.74 Å². The lowest BCUT2D eigenvalue weighted by molar-refractivity contribution is 0.0982. The minimum absolute atomic E-state index is 0.0247. The molecule has 2 aromatic heterocycles. The Morgan fingerprint density at radius 1 is 1.06 bits per heavy atom. The minimum Gasteiger partial charge on any atom is -0.494 e. The molecule has 0 saturated heterocycles. The van der Waals surface area contributed by atoms with Crippen molar-refractivity contribution in [1.29, 1.82) is 0 Å². The van der Waals surface area contributed by atoms with Gasteiger partial charge in [0.25, 0.3) is 0 Å². The molecule has 0 bridgehead atoms. The van der Waals surface area contributed by atoms with E-state index in [0.29, 0.717) is 42.0 Å². The highest BCUT2D eigenvalue weighted by Crippen LogP contribution is 2.27. The molecule has 0 radical (unpaired) electrons. The summed E-state index contributed by atoms with van der Waals surface area (Å²) in [5.41, 5.74) is 2.70. The molecular weight excluding hydrogens is 438 g/mol. The Labute approximate surface area is 192 Å². The third kappa shape index (κ3) is 4.96. The monoisotopic (exact) mass is 463 g/mol. The van der Waals surface area contributed by atoms with Crippen LogP contribution in [0, 0.1) is 6.92 Å². The summed E-state index contributed by atoms with van der Waals surface area (Å²) < 4.78 is 31.8. The van der Waals surface area contributed by atoms with E-state index in [1.807, 2.05) is 6.92 Å². The Bertz CT molecular complexity index is 1390. The van der Waals surface area contributed by atoms with E-state index in [1.165, 1.54) is 0 Å². The highest BCUT2D eigenvalue weighted by Gasteiger charge is 2.20. The molecular formula is C25H25N3O4S. The number of hydrogen-bond acceptors (Lipinski definition) is 6. The number of sulfone groups is 1. The highest BCUT2D eigenvalue weighted by atomic mass is 32.2. The SMILES string of the molecule is CCCOc1ccc(S(=O)(=O)c2ccc(CCC(=O)c3cnc4[nH]ncc4c3)cc2)c(C)c1. The van der Waals surface area contributed by atoms with Gasteiger partial charge < -0.3 is 4.74 Å². The molecule has 0 amide bonds. The van der Waals surface area contributed by atoms with Gasteiger partial charge in [-0.15, -0.1) is 0 Å². The van der Waals surface area contributed by atoms with Crippen molar-refractivity contribution in [2.24, 2.45) is 0 Å². The van der Waals surface area contributed by atoms with Gasteiger partial charge in [-0.2, -0.15) is 5.10 Å². The first kappa shape index (κ1) is 22.7. The number of ether oxygens (including phenoxy) is 1. The maximum Gasteiger partial charge on any atom is 0.206 e. The fourth-order valence-corrected chi connectivity index (χ4v) is 5.06. The van der Waals surface area contributed by atoms with Crippen molar-refractivity contribution in [3.8, 4) is 5.75 Å². The Hall–Kier alpha value is -3.52. The Morgan fingerprint density at radius 2 is 1.85 bits per heavy atom. The molecule has 0 fully saturated rings. The standard InChI is InChI=1S/C25H25N3O4S/c1-3-12-32-21-7-11-24(17(2)13-21)33(30,31)22-8-4-18(5-9-22)6-10-23(29)19-14-20-16-27-28-25(20)26-15-19/h4-5,7-9,11,13-16H,3,6,10,12H2,1-2H3,(H,26,27,28). The van der Waals surface area contributed by atoms with Crippen LogP contribution in [-0.4, -0.2) is 36.0 Å². The van der Waals surface area contributed by atoms with Crippen LogP contribution >= 0.6 is 0 Å². The van der Waals surface area contributed by atoms with Gasteiger partial charge in [0.2, 0.25) is 9.84 Å². The van der Waals surface area contributed by atoms with Crippen LogP contribution in [0.3, 0.4) is 0 Å². The maximum atomic E-state index is 13.1. The van der Waals surface area contributed by atoms with Gasteiger partial charge in [-0.3, -0.25) is 9.89 Å². The molecule has 4 rings (SSSR count). The third-order valence-electron chi connectivity index (χ3n) is 5.40. The van der Waals surface area contributed by atoms with E-state index in [2.05, 4.69) is 15.2 Å². The molecule has 0 aliphatic carbocycles. The number of H-pyrrole nitrogens is 1. The molecule has 0 aliphatic rings. The van der Waals surface area contributed by atoms with Gasteiger partial charge >= 0.3 is 0 Å². The fraction of sp³-hybridized carbons (Fsp3) is 0.240. The lowest BCUT2D eigenvalue weighted by Gasteiger charge is -2.11. The summed E-state index contributed by atoms with van der Waals surface area (Å²) in [4.78, 5) is 17.2. The number of Topliss-reactive ketones (excluding diaryl/α,β-unsaturated/α-hetero) is 1. The van der Waals surface area contributed by atoms with Crippen molar-refractivity contribution >= 4 is 26.7 Å². The molecule has 0 unspecified atom stereocenters. The predicted molar refractivity (Wildman–Crippen MR) is 125 cm³/mol. The van der Waals surface area contributed by atoms with Gasteiger partial charge in [0.1, 0.15) is 5.75 Å². The second kappa shape index (κ2) is 9.54. The van der Waals surface area contributed by atoms with Crippen LogP contribution in [0.4, 0.5) is 0 Å². The number of hydrogen-bond donors (Lipinski definition) is 1. The number of ketones is 1.